The van der Waals surface area contributed by atoms with Gasteiger partial charge in [-0.1, -0.05) is 13.8 Å². The number of hydrogen-bond acceptors (Lipinski definition) is 5. The predicted octanol–water partition coefficient (Wildman–Crippen LogP) is 1.84. The molecule has 1 aliphatic heterocycles. The van der Waals surface area contributed by atoms with Crippen LogP contribution in [0, 0.1) is 22.0 Å². The Morgan fingerprint density at radius 1 is 1.29 bits per heavy atom. The normalized spacial score (nSPS) is 23.9. The molecule has 1 heterocycles. The molecule has 0 amide bonds. The number of nitro benzene ring substituents is 1. The van der Waals surface area contributed by atoms with Gasteiger partial charge in [0, 0.05) is 19.2 Å². The van der Waals surface area contributed by atoms with E-state index in [-0.39, 0.29) is 16.3 Å². The zero-order chi connectivity index (χ0) is 15.8. The first-order chi connectivity index (χ1) is 9.71. The highest BCUT2D eigenvalue weighted by atomic mass is 32.2. The fraction of sp³-hybridized carbons (Fsp3) is 0.538. The van der Waals surface area contributed by atoms with Crippen LogP contribution in [0.5, 0.6) is 0 Å². The third kappa shape index (κ3) is 3.16. The number of sulfonamides is 1. The number of nitro groups is 1. The summed E-state index contributed by atoms with van der Waals surface area (Å²) in [6.07, 6.45) is 0.994. The summed E-state index contributed by atoms with van der Waals surface area (Å²) in [5.41, 5.74) is 5.16. The molecule has 2 N–H and O–H groups in total. The lowest BCUT2D eigenvalue weighted by Crippen LogP contribution is -2.42. The largest absolute Gasteiger partial charge is 0.393 e. The number of piperidine rings is 1. The number of nitrogens with zero attached hydrogens (tertiary/aromatic N) is 2. The summed E-state index contributed by atoms with van der Waals surface area (Å²) in [4.78, 5) is 10.1. The van der Waals surface area contributed by atoms with Crippen molar-refractivity contribution in [3.63, 3.8) is 0 Å². The van der Waals surface area contributed by atoms with Crippen molar-refractivity contribution >= 4 is 21.4 Å². The zero-order valence-electron chi connectivity index (χ0n) is 12.0. The molecule has 0 saturated carbocycles. The van der Waals surface area contributed by atoms with E-state index in [9.17, 15) is 18.5 Å². The smallest absolute Gasteiger partial charge is 0.292 e. The van der Waals surface area contributed by atoms with Crippen molar-refractivity contribution in [1.29, 1.82) is 0 Å². The third-order valence-electron chi connectivity index (χ3n) is 3.67. The molecule has 2 rings (SSSR count). The maximum absolute atomic E-state index is 12.6. The number of benzene rings is 1. The van der Waals surface area contributed by atoms with Crippen molar-refractivity contribution in [3.05, 3.63) is 28.3 Å². The fourth-order valence-corrected chi connectivity index (χ4v) is 4.53. The van der Waals surface area contributed by atoms with E-state index < -0.39 is 14.9 Å². The quantitative estimate of drug-likeness (QED) is 0.520. The van der Waals surface area contributed by atoms with Crippen molar-refractivity contribution in [2.75, 3.05) is 18.8 Å². The lowest BCUT2D eigenvalue weighted by atomic mass is 9.94. The highest BCUT2D eigenvalue weighted by molar-refractivity contribution is 7.89. The Labute approximate surface area is 123 Å². The van der Waals surface area contributed by atoms with Crippen molar-refractivity contribution < 1.29 is 13.3 Å². The molecule has 0 aliphatic carbocycles. The molecule has 1 aromatic carbocycles. The Kier molecular flexibility index (Phi) is 4.20. The first kappa shape index (κ1) is 15.7. The zero-order valence-corrected chi connectivity index (χ0v) is 12.8. The minimum absolute atomic E-state index is 0.00639. The summed E-state index contributed by atoms with van der Waals surface area (Å²) in [6.45, 7) is 4.96. The summed E-state index contributed by atoms with van der Waals surface area (Å²) >= 11 is 0. The number of anilines is 1. The minimum Gasteiger partial charge on any atom is -0.393 e. The van der Waals surface area contributed by atoms with E-state index in [0.29, 0.717) is 24.9 Å². The van der Waals surface area contributed by atoms with Gasteiger partial charge in [0.25, 0.3) is 5.69 Å². The Morgan fingerprint density at radius 3 is 2.33 bits per heavy atom. The second-order valence-corrected chi connectivity index (χ2v) is 7.68. The van der Waals surface area contributed by atoms with Gasteiger partial charge in [0.2, 0.25) is 10.0 Å². The van der Waals surface area contributed by atoms with Gasteiger partial charge < -0.3 is 5.73 Å². The number of nitrogens with two attached hydrogens (primary N) is 1. The summed E-state index contributed by atoms with van der Waals surface area (Å²) in [7, 11) is -3.66. The van der Waals surface area contributed by atoms with Crippen LogP contribution in [0.3, 0.4) is 0 Å². The van der Waals surface area contributed by atoms with Crippen LogP contribution in [0.25, 0.3) is 0 Å². The standard InChI is InChI=1S/C13H19N3O4S/c1-9-5-10(2)8-15(7-9)21(19,20)11-3-4-13(16(17)18)12(14)6-11/h3-4,6,9-10H,5,7-8,14H2,1-2H3. The second kappa shape index (κ2) is 5.61. The van der Waals surface area contributed by atoms with Crippen LogP contribution in [0.1, 0.15) is 20.3 Å². The molecular weight excluding hydrogens is 294 g/mol. The average Bonchev–Trinajstić information content (AvgIpc) is 2.36. The molecule has 2 atom stereocenters. The van der Waals surface area contributed by atoms with E-state index in [0.717, 1.165) is 18.6 Å². The summed E-state index contributed by atoms with van der Waals surface area (Å²) in [5, 5.41) is 10.7. The number of hydrogen-bond donors (Lipinski definition) is 1. The Hall–Kier alpha value is -1.67. The summed E-state index contributed by atoms with van der Waals surface area (Å²) < 4.78 is 26.7. The van der Waals surface area contributed by atoms with E-state index in [4.69, 9.17) is 5.73 Å². The van der Waals surface area contributed by atoms with Gasteiger partial charge in [-0.2, -0.15) is 4.31 Å². The van der Waals surface area contributed by atoms with Crippen molar-refractivity contribution in [2.24, 2.45) is 11.8 Å². The van der Waals surface area contributed by atoms with Crippen LogP contribution in [-0.2, 0) is 10.0 Å². The van der Waals surface area contributed by atoms with Crippen LogP contribution >= 0.6 is 0 Å². The van der Waals surface area contributed by atoms with Gasteiger partial charge in [-0.3, -0.25) is 10.1 Å². The van der Waals surface area contributed by atoms with Crippen molar-refractivity contribution in [3.8, 4) is 0 Å². The van der Waals surface area contributed by atoms with Gasteiger partial charge in [0.15, 0.2) is 0 Å². The molecule has 1 aromatic rings. The van der Waals surface area contributed by atoms with Gasteiger partial charge in [0.05, 0.1) is 9.82 Å². The maximum atomic E-state index is 12.6. The van der Waals surface area contributed by atoms with E-state index in [1.165, 1.54) is 10.4 Å². The molecule has 2 unspecified atom stereocenters. The van der Waals surface area contributed by atoms with E-state index in [1.54, 1.807) is 0 Å². The first-order valence-electron chi connectivity index (χ1n) is 6.76. The Morgan fingerprint density at radius 2 is 1.86 bits per heavy atom. The maximum Gasteiger partial charge on any atom is 0.292 e. The van der Waals surface area contributed by atoms with E-state index in [2.05, 4.69) is 0 Å². The highest BCUT2D eigenvalue weighted by Gasteiger charge is 2.32. The average molecular weight is 313 g/mol. The van der Waals surface area contributed by atoms with Crippen LogP contribution < -0.4 is 5.73 Å². The summed E-state index contributed by atoms with van der Waals surface area (Å²) in [6, 6.07) is 3.55. The molecule has 116 valence electrons. The van der Waals surface area contributed by atoms with Crippen LogP contribution in [-0.4, -0.2) is 30.7 Å². The van der Waals surface area contributed by atoms with Crippen molar-refractivity contribution in [2.45, 2.75) is 25.2 Å². The van der Waals surface area contributed by atoms with E-state index >= 15 is 0 Å². The predicted molar refractivity (Wildman–Crippen MR) is 79.2 cm³/mol. The fourth-order valence-electron chi connectivity index (χ4n) is 2.81. The van der Waals surface area contributed by atoms with Crippen molar-refractivity contribution in [1.82, 2.24) is 4.31 Å². The molecule has 7 nitrogen and oxygen atoms in total. The topological polar surface area (TPSA) is 107 Å². The van der Waals surface area contributed by atoms with Crippen LogP contribution in [0.15, 0.2) is 23.1 Å². The molecule has 1 fully saturated rings. The molecule has 21 heavy (non-hydrogen) atoms. The lowest BCUT2D eigenvalue weighted by molar-refractivity contribution is -0.383. The second-order valence-electron chi connectivity index (χ2n) is 5.75. The number of nitrogen functional groups attached to an aromatic ring is 1. The lowest BCUT2D eigenvalue weighted by Gasteiger charge is -2.34. The Balaban J connectivity index is 2.35. The number of rotatable bonds is 3. The summed E-state index contributed by atoms with van der Waals surface area (Å²) in [5.74, 6) is 0.581. The monoisotopic (exact) mass is 313 g/mol. The first-order valence-corrected chi connectivity index (χ1v) is 8.20. The van der Waals surface area contributed by atoms with Gasteiger partial charge in [-0.15, -0.1) is 0 Å². The Bertz CT molecular complexity index is 649. The minimum atomic E-state index is -3.66. The van der Waals surface area contributed by atoms with E-state index in [1.807, 2.05) is 13.8 Å². The molecule has 1 saturated heterocycles. The van der Waals surface area contributed by atoms with Gasteiger partial charge in [-0.25, -0.2) is 8.42 Å². The molecule has 0 aromatic heterocycles. The molecule has 0 bridgehead atoms. The van der Waals surface area contributed by atoms with Crippen LogP contribution in [0.4, 0.5) is 11.4 Å². The highest BCUT2D eigenvalue weighted by Crippen LogP contribution is 2.30. The third-order valence-corrected chi connectivity index (χ3v) is 5.50. The van der Waals surface area contributed by atoms with Gasteiger partial charge in [-0.05, 0) is 30.4 Å². The molecule has 0 radical (unpaired) electrons. The molecular formula is C13H19N3O4S. The molecule has 0 spiro atoms. The molecule has 8 heteroatoms. The van der Waals surface area contributed by atoms with Gasteiger partial charge in [0.1, 0.15) is 5.69 Å². The molecule has 1 aliphatic rings. The van der Waals surface area contributed by atoms with Crippen LogP contribution in [0.2, 0.25) is 0 Å². The van der Waals surface area contributed by atoms with Gasteiger partial charge >= 0.3 is 0 Å². The SMILES string of the molecule is CC1CC(C)CN(S(=O)(=O)c2ccc([N+](=O)[O-])c(N)c2)C1.